The maximum absolute atomic E-state index is 12.5. The molecule has 0 spiro atoms. The molecular formula is C16H19N3OS. The lowest BCUT2D eigenvalue weighted by molar-refractivity contribution is -0.128. The highest BCUT2D eigenvalue weighted by atomic mass is 32.2. The average Bonchev–Trinajstić information content (AvgIpc) is 3.24. The van der Waals surface area contributed by atoms with E-state index in [2.05, 4.69) is 9.55 Å². The van der Waals surface area contributed by atoms with Crippen molar-refractivity contribution in [2.45, 2.75) is 29.3 Å². The number of nitrogens with zero attached hydrogens (tertiary/aromatic N) is 3. The fourth-order valence-corrected chi connectivity index (χ4v) is 3.52. The van der Waals surface area contributed by atoms with Crippen molar-refractivity contribution in [1.82, 2.24) is 14.5 Å². The molecule has 1 aliphatic carbocycles. The van der Waals surface area contributed by atoms with Crippen LogP contribution < -0.4 is 0 Å². The van der Waals surface area contributed by atoms with E-state index in [1.807, 2.05) is 42.7 Å². The Morgan fingerprint density at radius 1 is 1.33 bits per heavy atom. The van der Waals surface area contributed by atoms with Crippen LogP contribution in [0.25, 0.3) is 0 Å². The van der Waals surface area contributed by atoms with Gasteiger partial charge in [0.1, 0.15) is 5.25 Å². The molecule has 1 amide bonds. The predicted octanol–water partition coefficient (Wildman–Crippen LogP) is 3.14. The molecule has 110 valence electrons. The smallest absolute Gasteiger partial charge is 0.240 e. The number of thioether (sulfide) groups is 1. The Bertz CT molecular complexity index is 619. The van der Waals surface area contributed by atoms with Crippen molar-refractivity contribution in [3.05, 3.63) is 48.3 Å². The Balaban J connectivity index is 1.88. The normalized spacial score (nSPS) is 15.7. The van der Waals surface area contributed by atoms with Crippen LogP contribution in [0.4, 0.5) is 0 Å². The summed E-state index contributed by atoms with van der Waals surface area (Å²) in [4.78, 5) is 18.6. The molecule has 21 heavy (non-hydrogen) atoms. The summed E-state index contributed by atoms with van der Waals surface area (Å²) in [5.74, 6) is 0.0940. The summed E-state index contributed by atoms with van der Waals surface area (Å²) < 4.78 is 2.20. The SMILES string of the molecule is CN(C)C(=O)[C@H](Sc1nccn1C1CC1)c1ccccc1. The quantitative estimate of drug-likeness (QED) is 0.796. The molecule has 3 rings (SSSR count). The third-order valence-corrected chi connectivity index (χ3v) is 4.80. The van der Waals surface area contributed by atoms with Crippen molar-refractivity contribution in [2.24, 2.45) is 0 Å². The minimum absolute atomic E-state index is 0.0940. The molecule has 1 heterocycles. The van der Waals surface area contributed by atoms with Gasteiger partial charge in [0.05, 0.1) is 0 Å². The first kappa shape index (κ1) is 14.2. The number of aromatic nitrogens is 2. The van der Waals surface area contributed by atoms with Crippen molar-refractivity contribution in [2.75, 3.05) is 14.1 Å². The average molecular weight is 301 g/mol. The number of likely N-dealkylation sites (N-methyl/N-ethyl adjacent to an activating group) is 1. The molecule has 1 aliphatic rings. The lowest BCUT2D eigenvalue weighted by Gasteiger charge is -2.20. The van der Waals surface area contributed by atoms with Gasteiger partial charge in [-0.15, -0.1) is 0 Å². The van der Waals surface area contributed by atoms with Gasteiger partial charge in [-0.3, -0.25) is 4.79 Å². The minimum Gasteiger partial charge on any atom is -0.348 e. The van der Waals surface area contributed by atoms with Crippen LogP contribution in [0, 0.1) is 0 Å². The second kappa shape index (κ2) is 5.93. The molecule has 1 atom stereocenters. The van der Waals surface area contributed by atoms with E-state index in [0.717, 1.165) is 10.7 Å². The molecule has 1 fully saturated rings. The topological polar surface area (TPSA) is 38.1 Å². The number of benzene rings is 1. The largest absolute Gasteiger partial charge is 0.348 e. The van der Waals surface area contributed by atoms with Crippen LogP contribution in [0.15, 0.2) is 47.9 Å². The zero-order valence-corrected chi connectivity index (χ0v) is 13.1. The molecule has 1 aromatic heterocycles. The Kier molecular flexibility index (Phi) is 4.01. The highest BCUT2D eigenvalue weighted by Crippen LogP contribution is 2.41. The van der Waals surface area contributed by atoms with Gasteiger partial charge in [0.2, 0.25) is 5.91 Å². The number of carbonyl (C=O) groups is 1. The molecule has 1 aromatic carbocycles. The first-order chi connectivity index (χ1) is 10.2. The second-order valence-corrected chi connectivity index (χ2v) is 6.56. The van der Waals surface area contributed by atoms with Crippen LogP contribution in [0.1, 0.15) is 29.7 Å². The van der Waals surface area contributed by atoms with Gasteiger partial charge < -0.3 is 9.47 Å². The van der Waals surface area contributed by atoms with Gasteiger partial charge in [-0.2, -0.15) is 0 Å². The molecule has 2 aromatic rings. The van der Waals surface area contributed by atoms with Crippen LogP contribution >= 0.6 is 11.8 Å². The zero-order chi connectivity index (χ0) is 14.8. The van der Waals surface area contributed by atoms with Gasteiger partial charge in [-0.25, -0.2) is 4.98 Å². The number of carbonyl (C=O) groups excluding carboxylic acids is 1. The molecule has 5 heteroatoms. The molecule has 0 bridgehead atoms. The molecule has 0 radical (unpaired) electrons. The van der Waals surface area contributed by atoms with E-state index < -0.39 is 0 Å². The van der Waals surface area contributed by atoms with Gasteiger partial charge in [0.25, 0.3) is 0 Å². The van der Waals surface area contributed by atoms with Crippen LogP contribution in [-0.2, 0) is 4.79 Å². The van der Waals surface area contributed by atoms with E-state index in [-0.39, 0.29) is 11.2 Å². The number of amides is 1. The molecule has 0 aliphatic heterocycles. The fraction of sp³-hybridized carbons (Fsp3) is 0.375. The highest BCUT2D eigenvalue weighted by molar-refractivity contribution is 8.00. The van der Waals surface area contributed by atoms with Gasteiger partial charge in [0.15, 0.2) is 5.16 Å². The maximum Gasteiger partial charge on any atom is 0.240 e. The number of imidazole rings is 1. The van der Waals surface area contributed by atoms with Crippen molar-refractivity contribution in [3.63, 3.8) is 0 Å². The predicted molar refractivity (Wildman–Crippen MR) is 84.2 cm³/mol. The van der Waals surface area contributed by atoms with E-state index in [9.17, 15) is 4.79 Å². The molecule has 0 saturated heterocycles. The Hall–Kier alpha value is -1.75. The molecule has 1 saturated carbocycles. The second-order valence-electron chi connectivity index (χ2n) is 5.49. The number of hydrogen-bond donors (Lipinski definition) is 0. The Morgan fingerprint density at radius 2 is 2.05 bits per heavy atom. The van der Waals surface area contributed by atoms with Gasteiger partial charge in [0, 0.05) is 32.5 Å². The minimum atomic E-state index is -0.249. The van der Waals surface area contributed by atoms with Gasteiger partial charge in [-0.05, 0) is 18.4 Å². The van der Waals surface area contributed by atoms with Crippen molar-refractivity contribution < 1.29 is 4.79 Å². The maximum atomic E-state index is 12.5. The highest BCUT2D eigenvalue weighted by Gasteiger charge is 2.29. The van der Waals surface area contributed by atoms with E-state index >= 15 is 0 Å². The van der Waals surface area contributed by atoms with E-state index in [1.165, 1.54) is 12.8 Å². The van der Waals surface area contributed by atoms with Crippen LogP contribution in [-0.4, -0.2) is 34.5 Å². The summed E-state index contributed by atoms with van der Waals surface area (Å²) in [6, 6.07) is 10.5. The standard InChI is InChI=1S/C16H19N3OS/c1-18(2)15(20)14(12-6-4-3-5-7-12)21-16-17-10-11-19(16)13-8-9-13/h3-7,10-11,13-14H,8-9H2,1-2H3/t14-/m1/s1. The lowest BCUT2D eigenvalue weighted by atomic mass is 10.1. The molecule has 0 N–H and O–H groups in total. The van der Waals surface area contributed by atoms with Gasteiger partial charge in [-0.1, -0.05) is 42.1 Å². The van der Waals surface area contributed by atoms with Gasteiger partial charge >= 0.3 is 0 Å². The van der Waals surface area contributed by atoms with Crippen LogP contribution in [0.3, 0.4) is 0 Å². The zero-order valence-electron chi connectivity index (χ0n) is 12.3. The van der Waals surface area contributed by atoms with Crippen molar-refractivity contribution in [1.29, 1.82) is 0 Å². The first-order valence-corrected chi connectivity index (χ1v) is 8.00. The first-order valence-electron chi connectivity index (χ1n) is 7.12. The van der Waals surface area contributed by atoms with Crippen molar-refractivity contribution in [3.8, 4) is 0 Å². The Morgan fingerprint density at radius 3 is 2.67 bits per heavy atom. The molecule has 4 nitrogen and oxygen atoms in total. The summed E-state index contributed by atoms with van der Waals surface area (Å²) in [6.45, 7) is 0. The van der Waals surface area contributed by atoms with Crippen LogP contribution in [0.5, 0.6) is 0 Å². The summed E-state index contributed by atoms with van der Waals surface area (Å²) in [7, 11) is 3.60. The molecular weight excluding hydrogens is 282 g/mol. The molecule has 0 unspecified atom stereocenters. The number of hydrogen-bond acceptors (Lipinski definition) is 3. The number of rotatable bonds is 5. The summed E-state index contributed by atoms with van der Waals surface area (Å²) >= 11 is 1.54. The third-order valence-electron chi connectivity index (χ3n) is 3.56. The monoisotopic (exact) mass is 301 g/mol. The summed E-state index contributed by atoms with van der Waals surface area (Å²) in [5, 5.41) is 0.683. The van der Waals surface area contributed by atoms with Crippen LogP contribution in [0.2, 0.25) is 0 Å². The summed E-state index contributed by atoms with van der Waals surface area (Å²) in [5.41, 5.74) is 1.02. The fourth-order valence-electron chi connectivity index (χ4n) is 2.25. The van der Waals surface area contributed by atoms with Crippen molar-refractivity contribution >= 4 is 17.7 Å². The van der Waals surface area contributed by atoms with E-state index in [0.29, 0.717) is 6.04 Å². The Labute approximate surface area is 129 Å². The van der Waals surface area contributed by atoms with E-state index in [4.69, 9.17) is 0 Å². The third kappa shape index (κ3) is 3.13. The lowest BCUT2D eigenvalue weighted by Crippen LogP contribution is -2.27. The summed E-state index contributed by atoms with van der Waals surface area (Å²) in [6.07, 6.45) is 6.26. The van der Waals surface area contributed by atoms with E-state index in [1.54, 1.807) is 30.8 Å².